The molecule has 0 radical (unpaired) electrons. The van der Waals surface area contributed by atoms with Crippen LogP contribution in [0.25, 0.3) is 0 Å². The fourth-order valence-electron chi connectivity index (χ4n) is 4.07. The Morgan fingerprint density at radius 3 is 2.41 bits per heavy atom. The summed E-state index contributed by atoms with van der Waals surface area (Å²) >= 11 is 0. The number of ether oxygens (including phenoxy) is 2. The molecule has 0 spiro atoms. The van der Waals surface area contributed by atoms with Crippen molar-refractivity contribution in [2.75, 3.05) is 13.3 Å². The minimum atomic E-state index is -3.93. The Morgan fingerprint density at radius 2 is 1.81 bits per heavy atom. The minimum Gasteiger partial charge on any atom is -0.625 e. The van der Waals surface area contributed by atoms with E-state index in [1.807, 2.05) is 44.2 Å². The Balaban J connectivity index is 1.99. The molecule has 1 aliphatic heterocycles. The van der Waals surface area contributed by atoms with E-state index in [0.29, 0.717) is 6.42 Å². The summed E-state index contributed by atoms with van der Waals surface area (Å²) in [4.78, 5) is 4.39. The second kappa shape index (κ2) is 10.2. The number of nitrogens with zero attached hydrogens (tertiary/aromatic N) is 2. The average Bonchev–Trinajstić information content (AvgIpc) is 2.72. The Bertz CT molecular complexity index is 934. The van der Waals surface area contributed by atoms with Crippen molar-refractivity contribution >= 4 is 16.0 Å². The van der Waals surface area contributed by atoms with Gasteiger partial charge in [-0.1, -0.05) is 50.6 Å². The number of hydroxylamine groups is 3. The lowest BCUT2D eigenvalue weighted by atomic mass is 9.97. The van der Waals surface area contributed by atoms with Crippen LogP contribution < -0.4 is 0 Å². The fraction of sp³-hybridized carbons (Fsp3) is 0.609. The fourth-order valence-corrected chi connectivity index (χ4v) is 4.46. The lowest BCUT2D eigenvalue weighted by molar-refractivity contribution is -0.858. The zero-order chi connectivity index (χ0) is 23.4. The molecule has 8 nitrogen and oxygen atoms in total. The quantitative estimate of drug-likeness (QED) is 0.319. The molecule has 3 rings (SSSR count). The van der Waals surface area contributed by atoms with Crippen molar-refractivity contribution in [2.45, 2.75) is 71.1 Å². The number of hydrogen-bond acceptors (Lipinski definition) is 7. The SMILES string of the molecule is CC(C)CC1C(OCc2ccccc2)=NC(OS(C)(=O)=O)=C(OC2CCCCC2)[N+]1(C)[O-]. The lowest BCUT2D eigenvalue weighted by Crippen LogP contribution is -2.55. The number of quaternary nitrogens is 1. The summed E-state index contributed by atoms with van der Waals surface area (Å²) in [6, 6.07) is 8.85. The Morgan fingerprint density at radius 1 is 1.16 bits per heavy atom. The molecule has 1 aromatic carbocycles. The summed E-state index contributed by atoms with van der Waals surface area (Å²) < 4.78 is 40.2. The predicted molar refractivity (Wildman–Crippen MR) is 122 cm³/mol. The second-order valence-corrected chi connectivity index (χ2v) is 10.7. The van der Waals surface area contributed by atoms with Crippen LogP contribution in [0.2, 0.25) is 0 Å². The van der Waals surface area contributed by atoms with E-state index in [1.54, 1.807) is 0 Å². The molecule has 1 saturated carbocycles. The summed E-state index contributed by atoms with van der Waals surface area (Å²) in [5.41, 5.74) is 0.914. The van der Waals surface area contributed by atoms with Gasteiger partial charge in [0.15, 0.2) is 6.04 Å². The predicted octanol–water partition coefficient (Wildman–Crippen LogP) is 4.43. The van der Waals surface area contributed by atoms with Crippen LogP contribution in [0.15, 0.2) is 47.1 Å². The van der Waals surface area contributed by atoms with Crippen LogP contribution in [0.4, 0.5) is 0 Å². The van der Waals surface area contributed by atoms with Crippen molar-refractivity contribution in [1.82, 2.24) is 0 Å². The maximum absolute atomic E-state index is 14.0. The summed E-state index contributed by atoms with van der Waals surface area (Å²) in [5.74, 6) is -0.0846. The van der Waals surface area contributed by atoms with E-state index < -0.39 is 20.8 Å². The smallest absolute Gasteiger partial charge is 0.358 e. The number of likely N-dealkylation sites (N-methyl/N-ethyl adjacent to an activating group) is 1. The molecule has 0 aromatic heterocycles. The number of benzene rings is 1. The second-order valence-electron chi connectivity index (χ2n) is 9.14. The molecular weight excluding hydrogens is 432 g/mol. The van der Waals surface area contributed by atoms with Gasteiger partial charge in [0.2, 0.25) is 0 Å². The monoisotopic (exact) mass is 466 g/mol. The molecule has 1 aliphatic carbocycles. The highest BCUT2D eigenvalue weighted by atomic mass is 32.2. The van der Waals surface area contributed by atoms with Crippen LogP contribution in [0.1, 0.15) is 57.9 Å². The van der Waals surface area contributed by atoms with Gasteiger partial charge >= 0.3 is 21.9 Å². The van der Waals surface area contributed by atoms with Crippen LogP contribution in [0, 0.1) is 11.1 Å². The van der Waals surface area contributed by atoms with Gasteiger partial charge in [-0.15, -0.1) is 0 Å². The first-order valence-corrected chi connectivity index (χ1v) is 13.0. The van der Waals surface area contributed by atoms with Gasteiger partial charge in [0.1, 0.15) is 12.7 Å². The molecule has 178 valence electrons. The van der Waals surface area contributed by atoms with E-state index in [2.05, 4.69) is 4.99 Å². The zero-order valence-corrected chi connectivity index (χ0v) is 20.1. The molecule has 2 aliphatic rings. The summed E-state index contributed by atoms with van der Waals surface area (Å²) in [6.45, 7) is 4.24. The summed E-state index contributed by atoms with van der Waals surface area (Å²) in [7, 11) is -2.47. The molecule has 2 atom stereocenters. The number of aliphatic imine (C=N–C) groups is 1. The van der Waals surface area contributed by atoms with E-state index in [9.17, 15) is 13.6 Å². The Labute approximate surface area is 191 Å². The van der Waals surface area contributed by atoms with Gasteiger partial charge in [-0.3, -0.25) is 4.65 Å². The number of hydrogen-bond donors (Lipinski definition) is 0. The molecule has 32 heavy (non-hydrogen) atoms. The van der Waals surface area contributed by atoms with Crippen molar-refractivity contribution in [3.63, 3.8) is 0 Å². The largest absolute Gasteiger partial charge is 0.625 e. The maximum Gasteiger partial charge on any atom is 0.358 e. The third-order valence-corrected chi connectivity index (χ3v) is 6.12. The molecular formula is C23H34N2O6S. The van der Waals surface area contributed by atoms with Gasteiger partial charge in [-0.05, 0) is 37.2 Å². The van der Waals surface area contributed by atoms with E-state index in [0.717, 1.165) is 43.9 Å². The number of rotatable bonds is 8. The van der Waals surface area contributed by atoms with Crippen molar-refractivity contribution in [3.8, 4) is 0 Å². The zero-order valence-electron chi connectivity index (χ0n) is 19.3. The molecule has 2 unspecified atom stereocenters. The van der Waals surface area contributed by atoms with Crippen molar-refractivity contribution in [1.29, 1.82) is 0 Å². The molecule has 1 heterocycles. The van der Waals surface area contributed by atoms with Crippen LogP contribution in [0.5, 0.6) is 0 Å². The lowest BCUT2D eigenvalue weighted by Gasteiger charge is -2.47. The first kappa shape index (κ1) is 24.5. The molecule has 1 fully saturated rings. The molecule has 0 bridgehead atoms. The van der Waals surface area contributed by atoms with Crippen LogP contribution in [-0.4, -0.2) is 44.4 Å². The topological polar surface area (TPSA) is 97.3 Å². The van der Waals surface area contributed by atoms with Gasteiger partial charge in [-0.2, -0.15) is 13.4 Å². The highest BCUT2D eigenvalue weighted by Gasteiger charge is 2.45. The van der Waals surface area contributed by atoms with Crippen LogP contribution in [0.3, 0.4) is 0 Å². The standard InChI is InChI=1S/C23H34N2O6S/c1-17(2)15-20-21(29-16-18-11-7-5-8-12-18)24-22(31-32(4,27)28)23(25(20,3)26)30-19-13-9-6-10-14-19/h5,7-8,11-12,17,19-20H,6,9-10,13-16H2,1-4H3. The first-order chi connectivity index (χ1) is 15.1. The molecule has 0 N–H and O–H groups in total. The first-order valence-electron chi connectivity index (χ1n) is 11.2. The van der Waals surface area contributed by atoms with Gasteiger partial charge < -0.3 is 18.9 Å². The summed E-state index contributed by atoms with van der Waals surface area (Å²) in [5, 5.41) is 14.0. The van der Waals surface area contributed by atoms with Gasteiger partial charge in [-0.25, -0.2) is 0 Å². The normalized spacial score (nSPS) is 24.9. The van der Waals surface area contributed by atoms with Crippen molar-refractivity contribution < 1.29 is 26.7 Å². The van der Waals surface area contributed by atoms with Crippen molar-refractivity contribution in [3.05, 3.63) is 52.9 Å². The molecule has 1 aromatic rings. The summed E-state index contributed by atoms with van der Waals surface area (Å²) in [6.07, 6.45) is 6.02. The third-order valence-electron chi connectivity index (χ3n) is 5.66. The van der Waals surface area contributed by atoms with Gasteiger partial charge in [0, 0.05) is 6.42 Å². The Hall–Kier alpha value is -2.10. The van der Waals surface area contributed by atoms with E-state index in [-0.39, 0.29) is 36.3 Å². The maximum atomic E-state index is 14.0. The third kappa shape index (κ3) is 6.46. The van der Waals surface area contributed by atoms with Crippen LogP contribution >= 0.6 is 0 Å². The van der Waals surface area contributed by atoms with E-state index in [1.165, 1.54) is 7.05 Å². The van der Waals surface area contributed by atoms with Crippen LogP contribution in [-0.2, 0) is 30.4 Å². The highest BCUT2D eigenvalue weighted by Crippen LogP contribution is 2.36. The highest BCUT2D eigenvalue weighted by molar-refractivity contribution is 7.86. The average molecular weight is 467 g/mol. The van der Waals surface area contributed by atoms with Gasteiger partial charge in [0.05, 0.1) is 13.3 Å². The molecule has 9 heteroatoms. The van der Waals surface area contributed by atoms with E-state index >= 15 is 0 Å². The molecule has 0 saturated heterocycles. The Kier molecular flexibility index (Phi) is 7.84. The minimum absolute atomic E-state index is 0.0972. The van der Waals surface area contributed by atoms with E-state index in [4.69, 9.17) is 13.7 Å². The van der Waals surface area contributed by atoms with Gasteiger partial charge in [0.25, 0.3) is 5.90 Å². The molecule has 0 amide bonds. The van der Waals surface area contributed by atoms with Crippen molar-refractivity contribution in [2.24, 2.45) is 10.9 Å².